The molecule has 0 radical (unpaired) electrons. The van der Waals surface area contributed by atoms with Crippen molar-refractivity contribution >= 4 is 17.2 Å². The van der Waals surface area contributed by atoms with Gasteiger partial charge in [-0.05, 0) is 5.56 Å². The Balaban J connectivity index is 1.84. The average molecular weight is 260 g/mol. The Bertz CT molecular complexity index is 666. The molecule has 18 heavy (non-hydrogen) atoms. The summed E-state index contributed by atoms with van der Waals surface area (Å²) >= 11 is 6.05. The molecular formula is C13H10ClN3O. The van der Waals surface area contributed by atoms with Gasteiger partial charge in [-0.2, -0.15) is 5.10 Å². The number of hydrogen-bond donors (Lipinski definition) is 0. The monoisotopic (exact) mass is 259 g/mol. The SMILES string of the molecule is Clc1nc2ccnn2cc1OCc1ccccc1. The Morgan fingerprint density at radius 1 is 1.17 bits per heavy atom. The molecule has 0 saturated carbocycles. The van der Waals surface area contributed by atoms with Gasteiger partial charge in [0.25, 0.3) is 0 Å². The van der Waals surface area contributed by atoms with E-state index in [9.17, 15) is 0 Å². The van der Waals surface area contributed by atoms with E-state index in [1.54, 1.807) is 23.0 Å². The number of aromatic nitrogens is 3. The van der Waals surface area contributed by atoms with Crippen LogP contribution in [0.15, 0.2) is 48.8 Å². The van der Waals surface area contributed by atoms with Crippen LogP contribution in [-0.4, -0.2) is 14.6 Å². The molecule has 3 rings (SSSR count). The van der Waals surface area contributed by atoms with E-state index >= 15 is 0 Å². The van der Waals surface area contributed by atoms with Crippen LogP contribution in [0.5, 0.6) is 5.75 Å². The summed E-state index contributed by atoms with van der Waals surface area (Å²) in [4.78, 5) is 4.19. The maximum Gasteiger partial charge on any atom is 0.175 e. The van der Waals surface area contributed by atoms with Crippen molar-refractivity contribution in [1.29, 1.82) is 0 Å². The molecule has 0 saturated heterocycles. The van der Waals surface area contributed by atoms with E-state index in [1.165, 1.54) is 0 Å². The quantitative estimate of drug-likeness (QED) is 0.679. The molecule has 0 aliphatic carbocycles. The second-order valence-electron chi connectivity index (χ2n) is 3.80. The van der Waals surface area contributed by atoms with Gasteiger partial charge in [0.15, 0.2) is 16.5 Å². The first-order valence-corrected chi connectivity index (χ1v) is 5.87. The van der Waals surface area contributed by atoms with Crippen molar-refractivity contribution in [2.45, 2.75) is 6.61 Å². The zero-order valence-electron chi connectivity index (χ0n) is 9.45. The Morgan fingerprint density at radius 3 is 2.83 bits per heavy atom. The summed E-state index contributed by atoms with van der Waals surface area (Å²) in [6.07, 6.45) is 3.40. The topological polar surface area (TPSA) is 39.4 Å². The van der Waals surface area contributed by atoms with Crippen LogP contribution in [0.4, 0.5) is 0 Å². The third-order valence-corrected chi connectivity index (χ3v) is 2.81. The molecule has 0 amide bonds. The van der Waals surface area contributed by atoms with Crippen molar-refractivity contribution in [3.63, 3.8) is 0 Å². The summed E-state index contributed by atoms with van der Waals surface area (Å²) in [5.41, 5.74) is 1.78. The van der Waals surface area contributed by atoms with Gasteiger partial charge in [-0.25, -0.2) is 9.50 Å². The highest BCUT2D eigenvalue weighted by Crippen LogP contribution is 2.23. The maximum absolute atomic E-state index is 6.05. The molecule has 5 heteroatoms. The van der Waals surface area contributed by atoms with Gasteiger partial charge in [-0.1, -0.05) is 41.9 Å². The minimum atomic E-state index is 0.346. The zero-order valence-corrected chi connectivity index (χ0v) is 10.2. The molecule has 0 aliphatic rings. The van der Waals surface area contributed by atoms with E-state index in [2.05, 4.69) is 10.1 Å². The van der Waals surface area contributed by atoms with Crippen LogP contribution in [0, 0.1) is 0 Å². The van der Waals surface area contributed by atoms with Crippen LogP contribution in [-0.2, 0) is 6.61 Å². The Hall–Kier alpha value is -2.07. The molecule has 0 atom stereocenters. The van der Waals surface area contributed by atoms with Crippen LogP contribution in [0.2, 0.25) is 5.15 Å². The molecule has 0 N–H and O–H groups in total. The lowest BCUT2D eigenvalue weighted by molar-refractivity contribution is 0.303. The molecule has 0 bridgehead atoms. The summed E-state index contributed by atoms with van der Waals surface area (Å²) in [5, 5.41) is 4.44. The largest absolute Gasteiger partial charge is 0.484 e. The van der Waals surface area contributed by atoms with Gasteiger partial charge in [0.1, 0.15) is 6.61 Å². The van der Waals surface area contributed by atoms with E-state index in [-0.39, 0.29) is 0 Å². The highest BCUT2D eigenvalue weighted by molar-refractivity contribution is 6.30. The molecule has 0 spiro atoms. The van der Waals surface area contributed by atoms with E-state index in [1.807, 2.05) is 30.3 Å². The molecule has 0 unspecified atom stereocenters. The van der Waals surface area contributed by atoms with Gasteiger partial charge < -0.3 is 4.74 Å². The number of rotatable bonds is 3. The molecule has 1 aromatic carbocycles. The number of nitrogens with zero attached hydrogens (tertiary/aromatic N) is 3. The first-order valence-electron chi connectivity index (χ1n) is 5.49. The molecule has 2 heterocycles. The van der Waals surface area contributed by atoms with Crippen LogP contribution in [0.3, 0.4) is 0 Å². The first kappa shape index (κ1) is 11.0. The second-order valence-corrected chi connectivity index (χ2v) is 4.16. The highest BCUT2D eigenvalue weighted by Gasteiger charge is 2.06. The molecule has 3 aromatic rings. The number of fused-ring (bicyclic) bond motifs is 1. The maximum atomic E-state index is 6.05. The van der Waals surface area contributed by atoms with Crippen LogP contribution in [0.1, 0.15) is 5.56 Å². The van der Waals surface area contributed by atoms with Crippen molar-refractivity contribution in [1.82, 2.24) is 14.6 Å². The molecule has 4 nitrogen and oxygen atoms in total. The number of benzene rings is 1. The lowest BCUT2D eigenvalue weighted by Crippen LogP contribution is -1.99. The van der Waals surface area contributed by atoms with Gasteiger partial charge in [-0.3, -0.25) is 0 Å². The normalized spacial score (nSPS) is 10.7. The first-order chi connectivity index (χ1) is 8.83. The van der Waals surface area contributed by atoms with Crippen molar-refractivity contribution < 1.29 is 4.74 Å². The van der Waals surface area contributed by atoms with E-state index < -0.39 is 0 Å². The van der Waals surface area contributed by atoms with Gasteiger partial charge in [0.2, 0.25) is 0 Å². The highest BCUT2D eigenvalue weighted by atomic mass is 35.5. The van der Waals surface area contributed by atoms with Crippen LogP contribution < -0.4 is 4.74 Å². The third kappa shape index (κ3) is 2.15. The molecule has 0 aliphatic heterocycles. The van der Waals surface area contributed by atoms with E-state index in [4.69, 9.17) is 16.3 Å². The van der Waals surface area contributed by atoms with Crippen LogP contribution >= 0.6 is 11.6 Å². The lowest BCUT2D eigenvalue weighted by atomic mass is 10.2. The molecule has 0 fully saturated rings. The Labute approximate surface area is 109 Å². The zero-order chi connectivity index (χ0) is 12.4. The smallest absolute Gasteiger partial charge is 0.175 e. The average Bonchev–Trinajstić information content (AvgIpc) is 2.84. The summed E-state index contributed by atoms with van der Waals surface area (Å²) in [6.45, 7) is 0.453. The number of halogens is 1. The van der Waals surface area contributed by atoms with Crippen molar-refractivity contribution in [3.05, 3.63) is 59.5 Å². The fraction of sp³-hybridized carbons (Fsp3) is 0.0769. The fourth-order valence-corrected chi connectivity index (χ4v) is 1.84. The molecule has 90 valence electrons. The van der Waals surface area contributed by atoms with Gasteiger partial charge >= 0.3 is 0 Å². The fourth-order valence-electron chi connectivity index (χ4n) is 1.65. The van der Waals surface area contributed by atoms with Crippen molar-refractivity contribution in [3.8, 4) is 5.75 Å². The third-order valence-electron chi connectivity index (χ3n) is 2.54. The van der Waals surface area contributed by atoms with Gasteiger partial charge in [0, 0.05) is 6.07 Å². The minimum Gasteiger partial charge on any atom is -0.484 e. The molecule has 2 aromatic heterocycles. The van der Waals surface area contributed by atoms with Gasteiger partial charge in [-0.15, -0.1) is 0 Å². The van der Waals surface area contributed by atoms with Crippen molar-refractivity contribution in [2.75, 3.05) is 0 Å². The Kier molecular flexibility index (Phi) is 2.86. The molecular weight excluding hydrogens is 250 g/mol. The summed E-state index contributed by atoms with van der Waals surface area (Å²) in [5.74, 6) is 0.525. The Morgan fingerprint density at radius 2 is 2.00 bits per heavy atom. The van der Waals surface area contributed by atoms with Crippen molar-refractivity contribution in [2.24, 2.45) is 0 Å². The lowest BCUT2D eigenvalue weighted by Gasteiger charge is -2.07. The summed E-state index contributed by atoms with van der Waals surface area (Å²) in [6, 6.07) is 11.7. The number of hydrogen-bond acceptors (Lipinski definition) is 3. The summed E-state index contributed by atoms with van der Waals surface area (Å²) in [7, 11) is 0. The predicted octanol–water partition coefficient (Wildman–Crippen LogP) is 2.96. The minimum absolute atomic E-state index is 0.346. The second kappa shape index (κ2) is 4.66. The van der Waals surface area contributed by atoms with Crippen LogP contribution in [0.25, 0.3) is 5.65 Å². The summed E-state index contributed by atoms with van der Waals surface area (Å²) < 4.78 is 7.28. The van der Waals surface area contributed by atoms with E-state index in [0.717, 1.165) is 5.56 Å². The number of ether oxygens (including phenoxy) is 1. The van der Waals surface area contributed by atoms with E-state index in [0.29, 0.717) is 23.2 Å². The standard InChI is InChI=1S/C13H10ClN3O/c14-13-11(8-17-12(16-13)6-7-15-17)18-9-10-4-2-1-3-5-10/h1-8H,9H2. The van der Waals surface area contributed by atoms with Gasteiger partial charge in [0.05, 0.1) is 12.4 Å². The predicted molar refractivity (Wildman–Crippen MR) is 68.8 cm³/mol.